The SMILES string of the molecule is c1ccc(C2(c3ccccc3)c3ccccc3-c3c(-c4cc(-c5cc6ccccc6s5)nc(-c5ccccc5-n5c6ccccc6c6ccccc65)n4)cccc32)cc1. The van der Waals surface area contributed by atoms with Gasteiger partial charge >= 0.3 is 0 Å². The van der Waals surface area contributed by atoms with Crippen LogP contribution in [0.15, 0.2) is 212 Å². The zero-order valence-electron chi connectivity index (χ0n) is 32.0. The third-order valence-corrected chi connectivity index (χ3v) is 13.3. The Kier molecular flexibility index (Phi) is 7.62. The first-order valence-corrected chi connectivity index (χ1v) is 20.9. The fourth-order valence-corrected chi connectivity index (χ4v) is 10.7. The third-order valence-electron chi connectivity index (χ3n) is 12.1. The summed E-state index contributed by atoms with van der Waals surface area (Å²) in [7, 11) is 0. The molecule has 0 saturated heterocycles. The second-order valence-corrected chi connectivity index (χ2v) is 16.3. The van der Waals surface area contributed by atoms with E-state index in [2.05, 4.69) is 217 Å². The topological polar surface area (TPSA) is 30.7 Å². The standard InChI is InChI=1S/C55H35N3S/c1-3-19-37(20-4-1)55(38-21-5-2-6-22-38)44-28-12-8-25-41(44)53-42(27-17-29-45(53)55)46-35-47(52-34-36-18-7-16-33-51(36)59-52)57-54(56-46)43-26-11-15-32-50(43)58-48-30-13-9-23-39(48)40-24-10-14-31-49(40)58/h1-35H. The second-order valence-electron chi connectivity index (χ2n) is 15.3. The number of aromatic nitrogens is 3. The maximum atomic E-state index is 5.61. The second kappa shape index (κ2) is 13.3. The van der Waals surface area contributed by atoms with E-state index in [1.807, 2.05) is 0 Å². The largest absolute Gasteiger partial charge is 0.309 e. The van der Waals surface area contributed by atoms with Crippen molar-refractivity contribution in [2.45, 2.75) is 5.41 Å². The zero-order valence-corrected chi connectivity index (χ0v) is 32.8. The molecule has 59 heavy (non-hydrogen) atoms. The van der Waals surface area contributed by atoms with Gasteiger partial charge in [0.1, 0.15) is 0 Å². The van der Waals surface area contributed by atoms with Crippen LogP contribution in [0.2, 0.25) is 0 Å². The molecule has 0 atom stereocenters. The lowest BCUT2D eigenvalue weighted by Crippen LogP contribution is -2.28. The maximum Gasteiger partial charge on any atom is 0.162 e. The number of nitrogens with zero attached hydrogens (tertiary/aromatic N) is 3. The Balaban J connectivity index is 1.15. The van der Waals surface area contributed by atoms with E-state index in [1.165, 1.54) is 54.2 Å². The summed E-state index contributed by atoms with van der Waals surface area (Å²) in [5, 5.41) is 3.65. The van der Waals surface area contributed by atoms with E-state index in [0.29, 0.717) is 5.82 Å². The van der Waals surface area contributed by atoms with Crippen LogP contribution in [-0.2, 0) is 5.41 Å². The number of hydrogen-bond acceptors (Lipinski definition) is 3. The quantitative estimate of drug-likeness (QED) is 0.169. The first kappa shape index (κ1) is 33.7. The van der Waals surface area contributed by atoms with E-state index in [1.54, 1.807) is 11.3 Å². The van der Waals surface area contributed by atoms with E-state index in [0.717, 1.165) is 44.1 Å². The summed E-state index contributed by atoms with van der Waals surface area (Å²) >= 11 is 1.78. The predicted molar refractivity (Wildman–Crippen MR) is 245 cm³/mol. The van der Waals surface area contributed by atoms with Gasteiger partial charge in [0.15, 0.2) is 5.82 Å². The van der Waals surface area contributed by atoms with Crippen molar-refractivity contribution in [2.75, 3.05) is 0 Å². The third kappa shape index (κ3) is 5.07. The van der Waals surface area contributed by atoms with Crippen LogP contribution >= 0.6 is 11.3 Å². The molecule has 0 bridgehead atoms. The monoisotopic (exact) mass is 769 g/mol. The van der Waals surface area contributed by atoms with Crippen LogP contribution < -0.4 is 0 Å². The van der Waals surface area contributed by atoms with Crippen molar-refractivity contribution in [2.24, 2.45) is 0 Å². The molecule has 1 aliphatic rings. The van der Waals surface area contributed by atoms with Crippen LogP contribution in [0, 0.1) is 0 Å². The van der Waals surface area contributed by atoms with E-state index < -0.39 is 5.41 Å². The lowest BCUT2D eigenvalue weighted by molar-refractivity contribution is 0.768. The molecule has 0 aliphatic heterocycles. The molecule has 0 unspecified atom stereocenters. The summed E-state index contributed by atoms with van der Waals surface area (Å²) < 4.78 is 3.61. The highest BCUT2D eigenvalue weighted by molar-refractivity contribution is 7.22. The molecule has 3 aromatic heterocycles. The fourth-order valence-electron chi connectivity index (χ4n) is 9.69. The van der Waals surface area contributed by atoms with Crippen LogP contribution in [-0.4, -0.2) is 14.5 Å². The molecule has 3 heterocycles. The molecule has 4 heteroatoms. The van der Waals surface area contributed by atoms with Gasteiger partial charge in [-0.1, -0.05) is 170 Å². The summed E-state index contributed by atoms with van der Waals surface area (Å²) in [6.45, 7) is 0. The number of para-hydroxylation sites is 3. The number of hydrogen-bond donors (Lipinski definition) is 0. The van der Waals surface area contributed by atoms with E-state index in [4.69, 9.17) is 9.97 Å². The molecule has 0 radical (unpaired) electrons. The molecule has 1 aliphatic carbocycles. The first-order chi connectivity index (χ1) is 29.3. The van der Waals surface area contributed by atoms with Crippen LogP contribution in [0.3, 0.4) is 0 Å². The summed E-state index contributed by atoms with van der Waals surface area (Å²) in [6, 6.07) is 76.7. The van der Waals surface area contributed by atoms with Crippen LogP contribution in [0.4, 0.5) is 0 Å². The Morgan fingerprint density at radius 1 is 0.424 bits per heavy atom. The number of benzene rings is 8. The van der Waals surface area contributed by atoms with Crippen molar-refractivity contribution in [1.82, 2.24) is 14.5 Å². The van der Waals surface area contributed by atoms with Gasteiger partial charge in [0.2, 0.25) is 0 Å². The molecule has 12 rings (SSSR count). The molecular weight excluding hydrogens is 735 g/mol. The van der Waals surface area contributed by atoms with Gasteiger partial charge in [-0.15, -0.1) is 11.3 Å². The van der Waals surface area contributed by atoms with Gasteiger partial charge in [-0.3, -0.25) is 0 Å². The summed E-state index contributed by atoms with van der Waals surface area (Å²) in [5.74, 6) is 0.689. The Hall–Kier alpha value is -7.40. The van der Waals surface area contributed by atoms with Crippen molar-refractivity contribution in [3.63, 3.8) is 0 Å². The van der Waals surface area contributed by atoms with Gasteiger partial charge in [0.05, 0.1) is 38.4 Å². The Labute approximate surface area is 346 Å². The molecule has 0 saturated carbocycles. The number of thiophene rings is 1. The average molecular weight is 770 g/mol. The molecule has 3 nitrogen and oxygen atoms in total. The molecule has 11 aromatic rings. The molecular formula is C55H35N3S. The summed E-state index contributed by atoms with van der Waals surface area (Å²) in [6.07, 6.45) is 0. The van der Waals surface area contributed by atoms with Crippen molar-refractivity contribution in [1.29, 1.82) is 0 Å². The number of rotatable bonds is 6. The lowest BCUT2D eigenvalue weighted by atomic mass is 9.67. The first-order valence-electron chi connectivity index (χ1n) is 20.1. The van der Waals surface area contributed by atoms with Crippen LogP contribution in [0.1, 0.15) is 22.3 Å². The summed E-state index contributed by atoms with van der Waals surface area (Å²) in [5.41, 5.74) is 14.1. The normalized spacial score (nSPS) is 12.9. The Morgan fingerprint density at radius 3 is 1.71 bits per heavy atom. The maximum absolute atomic E-state index is 5.61. The zero-order chi connectivity index (χ0) is 38.9. The minimum Gasteiger partial charge on any atom is -0.309 e. The molecule has 0 fully saturated rings. The number of fused-ring (bicyclic) bond motifs is 7. The molecule has 8 aromatic carbocycles. The van der Waals surface area contributed by atoms with Gasteiger partial charge in [-0.05, 0) is 81.2 Å². The minimum atomic E-state index is -0.516. The molecule has 276 valence electrons. The highest BCUT2D eigenvalue weighted by Gasteiger charge is 2.46. The minimum absolute atomic E-state index is 0.516. The van der Waals surface area contributed by atoms with Crippen LogP contribution in [0.5, 0.6) is 0 Å². The molecule has 0 spiro atoms. The van der Waals surface area contributed by atoms with Gasteiger partial charge in [0.25, 0.3) is 0 Å². The summed E-state index contributed by atoms with van der Waals surface area (Å²) in [4.78, 5) is 12.2. The van der Waals surface area contributed by atoms with Crippen molar-refractivity contribution in [3.05, 3.63) is 235 Å². The van der Waals surface area contributed by atoms with Gasteiger partial charge in [-0.25, -0.2) is 9.97 Å². The highest BCUT2D eigenvalue weighted by Crippen LogP contribution is 2.58. The van der Waals surface area contributed by atoms with Crippen LogP contribution in [0.25, 0.3) is 81.9 Å². The van der Waals surface area contributed by atoms with E-state index in [-0.39, 0.29) is 0 Å². The van der Waals surface area contributed by atoms with Crippen molar-refractivity contribution < 1.29 is 0 Å². The smallest absolute Gasteiger partial charge is 0.162 e. The van der Waals surface area contributed by atoms with Gasteiger partial charge in [0, 0.05) is 26.6 Å². The van der Waals surface area contributed by atoms with Crippen molar-refractivity contribution in [3.8, 4) is 50.0 Å². The van der Waals surface area contributed by atoms with Gasteiger partial charge < -0.3 is 4.57 Å². The Morgan fingerprint density at radius 2 is 0.983 bits per heavy atom. The van der Waals surface area contributed by atoms with E-state index in [9.17, 15) is 0 Å². The highest BCUT2D eigenvalue weighted by atomic mass is 32.1. The fraction of sp³-hybridized carbons (Fsp3) is 0.0182. The van der Waals surface area contributed by atoms with Crippen molar-refractivity contribution >= 4 is 43.2 Å². The molecule has 0 N–H and O–H groups in total. The van der Waals surface area contributed by atoms with Gasteiger partial charge in [-0.2, -0.15) is 0 Å². The predicted octanol–water partition coefficient (Wildman–Crippen LogP) is 14.2. The lowest BCUT2D eigenvalue weighted by Gasteiger charge is -2.33. The average Bonchev–Trinajstić information content (AvgIpc) is 3.99. The van der Waals surface area contributed by atoms with E-state index >= 15 is 0 Å². The Bertz CT molecular complexity index is 3270. The molecule has 0 amide bonds.